The molecule has 0 rings (SSSR count). The zero-order chi connectivity index (χ0) is 12.1. The van der Waals surface area contributed by atoms with Gasteiger partial charge in [0.25, 0.3) is 0 Å². The van der Waals surface area contributed by atoms with Gasteiger partial charge in [-0.2, -0.15) is 0 Å². The van der Waals surface area contributed by atoms with Crippen molar-refractivity contribution in [2.24, 2.45) is 11.7 Å². The van der Waals surface area contributed by atoms with E-state index in [1.165, 1.54) is 38.9 Å². The zero-order valence-corrected chi connectivity index (χ0v) is 11.6. The number of nitrogens with two attached hydrogens (primary N) is 1. The lowest BCUT2D eigenvalue weighted by Gasteiger charge is -2.19. The highest BCUT2D eigenvalue weighted by molar-refractivity contribution is 4.53. The van der Waals surface area contributed by atoms with Crippen molar-refractivity contribution in [3.8, 4) is 0 Å². The smallest absolute Gasteiger partial charge is 0.00214 e. The van der Waals surface area contributed by atoms with E-state index in [1.54, 1.807) is 0 Å². The standard InChI is InChI=1S/C9H21N.C4H11N/c1-4-7-10(8-5-2)9-6-3;1-4(2)3-5/h4-9H2,1-3H3;4H,3,5H2,1-2H3. The Balaban J connectivity index is 0. The summed E-state index contributed by atoms with van der Waals surface area (Å²) >= 11 is 0. The average Bonchev–Trinajstić information content (AvgIpc) is 2.20. The van der Waals surface area contributed by atoms with Gasteiger partial charge in [0, 0.05) is 0 Å². The van der Waals surface area contributed by atoms with Crippen LogP contribution in [0.4, 0.5) is 0 Å². The summed E-state index contributed by atoms with van der Waals surface area (Å²) in [6, 6.07) is 0. The van der Waals surface area contributed by atoms with Gasteiger partial charge in [0.2, 0.25) is 0 Å². The third-order valence-electron chi connectivity index (χ3n) is 2.09. The molecule has 0 aliphatic heterocycles. The van der Waals surface area contributed by atoms with Crippen molar-refractivity contribution in [2.45, 2.75) is 53.9 Å². The van der Waals surface area contributed by atoms with Crippen molar-refractivity contribution >= 4 is 0 Å². The Bertz CT molecular complexity index is 88.4. The van der Waals surface area contributed by atoms with E-state index in [0.717, 1.165) is 6.54 Å². The van der Waals surface area contributed by atoms with Crippen LogP contribution in [-0.4, -0.2) is 31.1 Å². The fourth-order valence-electron chi connectivity index (χ4n) is 1.28. The Morgan fingerprint density at radius 1 is 0.867 bits per heavy atom. The Kier molecular flexibility index (Phi) is 16.1. The molecular formula is C13H32N2. The Hall–Kier alpha value is -0.0800. The van der Waals surface area contributed by atoms with Gasteiger partial charge < -0.3 is 10.6 Å². The summed E-state index contributed by atoms with van der Waals surface area (Å²) in [7, 11) is 0. The summed E-state index contributed by atoms with van der Waals surface area (Å²) in [5, 5.41) is 0. The maximum Gasteiger partial charge on any atom is -0.00214 e. The van der Waals surface area contributed by atoms with Gasteiger partial charge >= 0.3 is 0 Å². The van der Waals surface area contributed by atoms with E-state index < -0.39 is 0 Å². The first-order chi connectivity index (χ1) is 7.12. The molecule has 0 atom stereocenters. The lowest BCUT2D eigenvalue weighted by molar-refractivity contribution is 0.275. The van der Waals surface area contributed by atoms with E-state index in [-0.39, 0.29) is 0 Å². The molecule has 0 aliphatic carbocycles. The van der Waals surface area contributed by atoms with E-state index in [9.17, 15) is 0 Å². The molecule has 0 aromatic rings. The molecule has 0 saturated carbocycles. The molecule has 0 radical (unpaired) electrons. The van der Waals surface area contributed by atoms with Gasteiger partial charge in [0.15, 0.2) is 0 Å². The van der Waals surface area contributed by atoms with E-state index in [4.69, 9.17) is 5.73 Å². The molecule has 2 nitrogen and oxygen atoms in total. The number of hydrogen-bond donors (Lipinski definition) is 1. The van der Waals surface area contributed by atoms with Gasteiger partial charge in [-0.25, -0.2) is 0 Å². The fourth-order valence-corrected chi connectivity index (χ4v) is 1.28. The summed E-state index contributed by atoms with van der Waals surface area (Å²) in [4.78, 5) is 2.54. The molecule has 0 unspecified atom stereocenters. The van der Waals surface area contributed by atoms with Crippen LogP contribution in [0.3, 0.4) is 0 Å². The minimum Gasteiger partial charge on any atom is -0.330 e. The summed E-state index contributed by atoms with van der Waals surface area (Å²) in [5.74, 6) is 0.662. The molecule has 0 amide bonds. The van der Waals surface area contributed by atoms with Crippen LogP contribution in [0.15, 0.2) is 0 Å². The minimum absolute atomic E-state index is 0.662. The molecule has 94 valence electrons. The highest BCUT2D eigenvalue weighted by Gasteiger charge is 1.98. The van der Waals surface area contributed by atoms with Crippen molar-refractivity contribution < 1.29 is 0 Å². The topological polar surface area (TPSA) is 29.3 Å². The SMILES string of the molecule is CC(C)CN.CCCN(CCC)CCC. The van der Waals surface area contributed by atoms with Crippen LogP contribution in [0.5, 0.6) is 0 Å². The molecule has 0 spiro atoms. The minimum atomic E-state index is 0.662. The number of rotatable bonds is 7. The normalized spacial score (nSPS) is 10.4. The van der Waals surface area contributed by atoms with Gasteiger partial charge in [-0.15, -0.1) is 0 Å². The van der Waals surface area contributed by atoms with Gasteiger partial charge in [-0.3, -0.25) is 0 Å². The summed E-state index contributed by atoms with van der Waals surface area (Å²) in [5.41, 5.74) is 5.17. The first kappa shape index (κ1) is 17.3. The molecule has 0 heterocycles. The third kappa shape index (κ3) is 16.6. The summed E-state index contributed by atoms with van der Waals surface area (Å²) in [6.45, 7) is 15.6. The van der Waals surface area contributed by atoms with E-state index in [1.807, 2.05) is 0 Å². The highest BCUT2D eigenvalue weighted by Crippen LogP contribution is 1.94. The predicted molar refractivity (Wildman–Crippen MR) is 71.2 cm³/mol. The molecule has 0 aromatic carbocycles. The first-order valence-corrected chi connectivity index (χ1v) is 6.54. The van der Waals surface area contributed by atoms with Crippen molar-refractivity contribution in [3.05, 3.63) is 0 Å². The number of hydrogen-bond acceptors (Lipinski definition) is 2. The fraction of sp³-hybridized carbons (Fsp3) is 1.00. The molecule has 0 bridgehead atoms. The van der Waals surface area contributed by atoms with Crippen LogP contribution in [0, 0.1) is 5.92 Å². The first-order valence-electron chi connectivity index (χ1n) is 6.54. The second-order valence-corrected chi connectivity index (χ2v) is 4.47. The predicted octanol–water partition coefficient (Wildman–Crippen LogP) is 3.12. The largest absolute Gasteiger partial charge is 0.330 e. The quantitative estimate of drug-likeness (QED) is 0.708. The van der Waals surface area contributed by atoms with Crippen molar-refractivity contribution in [3.63, 3.8) is 0 Å². The summed E-state index contributed by atoms with van der Waals surface area (Å²) < 4.78 is 0. The van der Waals surface area contributed by atoms with Gasteiger partial charge in [-0.1, -0.05) is 34.6 Å². The molecule has 2 heteroatoms. The van der Waals surface area contributed by atoms with Crippen LogP contribution in [0.1, 0.15) is 53.9 Å². The Morgan fingerprint density at radius 3 is 1.27 bits per heavy atom. The third-order valence-corrected chi connectivity index (χ3v) is 2.09. The lowest BCUT2D eigenvalue weighted by atomic mass is 10.2. The van der Waals surface area contributed by atoms with Crippen LogP contribution in [-0.2, 0) is 0 Å². The Labute approximate surface area is 97.2 Å². The molecule has 2 N–H and O–H groups in total. The second kappa shape index (κ2) is 13.9. The molecule has 0 aromatic heterocycles. The highest BCUT2D eigenvalue weighted by atomic mass is 15.1. The maximum atomic E-state index is 5.17. The van der Waals surface area contributed by atoms with E-state index >= 15 is 0 Å². The van der Waals surface area contributed by atoms with E-state index in [2.05, 4.69) is 39.5 Å². The van der Waals surface area contributed by atoms with Crippen molar-refractivity contribution in [2.75, 3.05) is 26.2 Å². The molecule has 0 fully saturated rings. The van der Waals surface area contributed by atoms with Crippen LogP contribution >= 0.6 is 0 Å². The Morgan fingerprint density at radius 2 is 1.13 bits per heavy atom. The zero-order valence-electron chi connectivity index (χ0n) is 11.6. The molecular weight excluding hydrogens is 184 g/mol. The van der Waals surface area contributed by atoms with Crippen LogP contribution in [0.2, 0.25) is 0 Å². The van der Waals surface area contributed by atoms with Crippen molar-refractivity contribution in [1.82, 2.24) is 4.90 Å². The monoisotopic (exact) mass is 216 g/mol. The molecule has 0 aliphatic rings. The van der Waals surface area contributed by atoms with E-state index in [0.29, 0.717) is 5.92 Å². The van der Waals surface area contributed by atoms with Gasteiger partial charge in [-0.05, 0) is 51.4 Å². The second-order valence-electron chi connectivity index (χ2n) is 4.47. The molecule has 15 heavy (non-hydrogen) atoms. The van der Waals surface area contributed by atoms with Crippen molar-refractivity contribution in [1.29, 1.82) is 0 Å². The van der Waals surface area contributed by atoms with Gasteiger partial charge in [0.1, 0.15) is 0 Å². The van der Waals surface area contributed by atoms with Crippen LogP contribution in [0.25, 0.3) is 0 Å². The lowest BCUT2D eigenvalue weighted by Crippen LogP contribution is -2.25. The molecule has 0 saturated heterocycles. The number of nitrogens with zero attached hydrogens (tertiary/aromatic N) is 1. The van der Waals surface area contributed by atoms with Crippen LogP contribution < -0.4 is 5.73 Å². The van der Waals surface area contributed by atoms with Gasteiger partial charge in [0.05, 0.1) is 0 Å². The maximum absolute atomic E-state index is 5.17. The summed E-state index contributed by atoms with van der Waals surface area (Å²) in [6.07, 6.45) is 3.88. The average molecular weight is 216 g/mol.